The van der Waals surface area contributed by atoms with Gasteiger partial charge in [0.15, 0.2) is 69.6 Å². The summed E-state index contributed by atoms with van der Waals surface area (Å²) in [6.07, 6.45) is -15.5. The second-order valence-electron chi connectivity index (χ2n) is 15.5. The zero-order chi connectivity index (χ0) is 47.8. The lowest BCUT2D eigenvalue weighted by atomic mass is 9.81. The molecule has 14 N–H and O–H groups in total. The van der Waals surface area contributed by atoms with Crippen LogP contribution in [0.4, 0.5) is 0 Å². The van der Waals surface area contributed by atoms with Crippen LogP contribution < -0.4 is 4.74 Å². The SMILES string of the molecule is O=C(O[C@@H]1O[C@@H]2COC(=O)c3cc(O)c(O)c(O)c3-c3c(cc(O)c(O)c3O)C(=O)O[C@@H]3C1OC(=O)c1cc(O)c(O)c4c1[C@@H]1[C@@](O)(O4)[C@@H](O)C[C@]1(O)C(=O)O[C@@H]32)c1cc(O)c(O)c(O)c1. The van der Waals surface area contributed by atoms with Crippen LogP contribution in [-0.2, 0) is 33.2 Å². The standard InChI is InChI=1S/C40H30O26/c41-12-1-8(2-13(42)22(12)47)33(53)65-37-31-30-28(64-38(57)39(58)6-18(46)40(59)32(39)21-11(36(56)63-31)5-16(45)25(50)29(21)66-40)17(61-37)7-60-34(54)9-3-14(43)23(48)26(51)19(9)20-10(35(55)62-30)4-15(44)24(49)27(20)52/h1-5,17-18,28,30-32,37,41-52,58-59H,6-7H2/t17-,18+,28-,30+,31?,32+,37+,39-,40+/m1/s1. The van der Waals surface area contributed by atoms with E-state index in [4.69, 9.17) is 33.2 Å². The van der Waals surface area contributed by atoms with Crippen LogP contribution >= 0.6 is 0 Å². The summed E-state index contributed by atoms with van der Waals surface area (Å²) in [5.74, 6) is -28.7. The second kappa shape index (κ2) is 14.3. The maximum absolute atomic E-state index is 14.6. The van der Waals surface area contributed by atoms with Crippen molar-refractivity contribution in [3.05, 3.63) is 58.1 Å². The van der Waals surface area contributed by atoms with Gasteiger partial charge in [-0.2, -0.15) is 0 Å². The Morgan fingerprint density at radius 1 is 0.606 bits per heavy atom. The Hall–Kier alpha value is -8.33. The number of cyclic esters (lactones) is 1. The Labute approximate surface area is 363 Å². The minimum Gasteiger partial charge on any atom is -0.504 e. The molecule has 4 heterocycles. The molecule has 346 valence electrons. The number of carbonyl (C=O) groups is 5. The number of hydrogen-bond acceptors (Lipinski definition) is 26. The van der Waals surface area contributed by atoms with Crippen molar-refractivity contribution in [1.29, 1.82) is 0 Å². The van der Waals surface area contributed by atoms with E-state index >= 15 is 0 Å². The molecule has 1 aliphatic carbocycles. The Kier molecular flexibility index (Phi) is 9.33. The highest BCUT2D eigenvalue weighted by atomic mass is 16.8. The summed E-state index contributed by atoms with van der Waals surface area (Å²) < 4.78 is 39.3. The normalized spacial score (nSPS) is 28.6. The summed E-state index contributed by atoms with van der Waals surface area (Å²) in [4.78, 5) is 71.3. The van der Waals surface area contributed by atoms with Crippen LogP contribution in [0.25, 0.3) is 11.1 Å². The molecule has 1 unspecified atom stereocenters. The summed E-state index contributed by atoms with van der Waals surface area (Å²) in [5, 5.41) is 151. The van der Waals surface area contributed by atoms with Crippen molar-refractivity contribution >= 4 is 29.8 Å². The van der Waals surface area contributed by atoms with Gasteiger partial charge in [-0.25, -0.2) is 24.0 Å². The molecule has 2 fully saturated rings. The molecule has 66 heavy (non-hydrogen) atoms. The van der Waals surface area contributed by atoms with E-state index in [1.54, 1.807) is 0 Å². The number of esters is 5. The van der Waals surface area contributed by atoms with Crippen LogP contribution in [0, 0.1) is 0 Å². The molecule has 4 aliphatic heterocycles. The maximum atomic E-state index is 14.6. The lowest BCUT2D eigenvalue weighted by Crippen LogP contribution is -2.64. The average molecular weight is 927 g/mol. The van der Waals surface area contributed by atoms with Gasteiger partial charge in [-0.1, -0.05) is 0 Å². The first kappa shape index (κ1) is 42.9. The van der Waals surface area contributed by atoms with E-state index < -0.39 is 205 Å². The first-order valence-electron chi connectivity index (χ1n) is 18.9. The maximum Gasteiger partial charge on any atom is 0.340 e. The topological polar surface area (TPSA) is 433 Å². The van der Waals surface area contributed by atoms with Crippen molar-refractivity contribution in [2.24, 2.45) is 0 Å². The Bertz CT molecular complexity index is 2850. The number of ether oxygens (including phenoxy) is 7. The number of hydrogen-bond donors (Lipinski definition) is 14. The number of rotatable bonds is 2. The number of aliphatic hydroxyl groups excluding tert-OH is 1. The number of aromatic hydroxyl groups is 11. The molecule has 26 nitrogen and oxygen atoms in total. The molecule has 0 radical (unpaired) electrons. The third-order valence-electron chi connectivity index (χ3n) is 11.7. The fourth-order valence-electron chi connectivity index (χ4n) is 8.60. The van der Waals surface area contributed by atoms with Crippen molar-refractivity contribution < 1.29 is 129 Å². The molecule has 0 aromatic heterocycles. The Morgan fingerprint density at radius 3 is 1.73 bits per heavy atom. The second-order valence-corrected chi connectivity index (χ2v) is 15.5. The van der Waals surface area contributed by atoms with Crippen molar-refractivity contribution in [2.75, 3.05) is 6.61 Å². The summed E-state index contributed by atoms with van der Waals surface area (Å²) >= 11 is 0. The zero-order valence-electron chi connectivity index (χ0n) is 32.5. The van der Waals surface area contributed by atoms with Gasteiger partial charge in [-0.3, -0.25) is 0 Å². The quantitative estimate of drug-likeness (QED) is 0.0665. The van der Waals surface area contributed by atoms with Crippen LogP contribution in [-0.4, -0.2) is 156 Å². The van der Waals surface area contributed by atoms with Crippen molar-refractivity contribution in [3.63, 3.8) is 0 Å². The van der Waals surface area contributed by atoms with Crippen molar-refractivity contribution in [3.8, 4) is 80.1 Å². The van der Waals surface area contributed by atoms with Crippen LogP contribution in [0.3, 0.4) is 0 Å². The van der Waals surface area contributed by atoms with Gasteiger partial charge in [0.2, 0.25) is 35.4 Å². The first-order chi connectivity index (χ1) is 31.0. The lowest BCUT2D eigenvalue weighted by Gasteiger charge is -2.44. The Morgan fingerprint density at radius 2 is 1.12 bits per heavy atom. The molecular formula is C40H30O26. The summed E-state index contributed by atoms with van der Waals surface area (Å²) in [5.41, 5.74) is -10.00. The van der Waals surface area contributed by atoms with Crippen LogP contribution in [0.1, 0.15) is 59.3 Å². The summed E-state index contributed by atoms with van der Waals surface area (Å²) in [6.45, 7) is -1.27. The molecule has 4 bridgehead atoms. The molecule has 26 heteroatoms. The number of fused-ring (bicyclic) bond motifs is 3. The minimum atomic E-state index is -3.22. The molecule has 9 rings (SSSR count). The van der Waals surface area contributed by atoms with Gasteiger partial charge >= 0.3 is 29.8 Å². The number of benzene rings is 4. The number of phenols is 11. The van der Waals surface area contributed by atoms with E-state index in [0.29, 0.717) is 30.3 Å². The summed E-state index contributed by atoms with van der Waals surface area (Å²) in [7, 11) is 0. The van der Waals surface area contributed by atoms with Gasteiger partial charge in [0.05, 0.1) is 28.2 Å². The number of carbonyl (C=O) groups excluding carboxylic acids is 5. The highest BCUT2D eigenvalue weighted by molar-refractivity contribution is 6.08. The van der Waals surface area contributed by atoms with Crippen LogP contribution in [0.15, 0.2) is 30.3 Å². The van der Waals surface area contributed by atoms with Crippen molar-refractivity contribution in [2.45, 2.75) is 60.5 Å². The minimum absolute atomic E-state index is 0.387. The van der Waals surface area contributed by atoms with E-state index in [9.17, 15) is 95.5 Å². The Balaban J connectivity index is 1.28. The molecule has 9 atom stereocenters. The van der Waals surface area contributed by atoms with E-state index in [2.05, 4.69) is 0 Å². The fraction of sp³-hybridized carbons (Fsp3) is 0.275. The number of phenolic OH excluding ortho intramolecular Hbond substituents is 11. The fourth-order valence-corrected chi connectivity index (χ4v) is 8.60. The monoisotopic (exact) mass is 926 g/mol. The molecule has 0 spiro atoms. The number of aliphatic hydroxyl groups is 3. The molecule has 5 aliphatic rings. The molecule has 1 saturated carbocycles. The third-order valence-corrected chi connectivity index (χ3v) is 11.7. The predicted molar refractivity (Wildman–Crippen MR) is 200 cm³/mol. The van der Waals surface area contributed by atoms with E-state index in [1.165, 1.54) is 0 Å². The van der Waals surface area contributed by atoms with Gasteiger partial charge in [0.25, 0.3) is 0 Å². The van der Waals surface area contributed by atoms with Gasteiger partial charge < -0.3 is 105 Å². The molecular weight excluding hydrogens is 896 g/mol. The third kappa shape index (κ3) is 5.99. The zero-order valence-corrected chi connectivity index (χ0v) is 32.5. The smallest absolute Gasteiger partial charge is 0.340 e. The van der Waals surface area contributed by atoms with Gasteiger partial charge in [0.1, 0.15) is 18.8 Å². The highest BCUT2D eigenvalue weighted by Gasteiger charge is 2.73. The first-order valence-corrected chi connectivity index (χ1v) is 18.9. The molecule has 4 aromatic rings. The molecule has 0 amide bonds. The van der Waals surface area contributed by atoms with Gasteiger partial charge in [0, 0.05) is 23.1 Å². The van der Waals surface area contributed by atoms with Crippen LogP contribution in [0.2, 0.25) is 0 Å². The molecule has 4 aromatic carbocycles. The van der Waals surface area contributed by atoms with E-state index in [0.717, 1.165) is 0 Å². The summed E-state index contributed by atoms with van der Waals surface area (Å²) in [6, 6.07) is 2.52. The highest BCUT2D eigenvalue weighted by Crippen LogP contribution is 2.62. The van der Waals surface area contributed by atoms with E-state index in [-0.39, 0.29) is 0 Å². The van der Waals surface area contributed by atoms with Crippen molar-refractivity contribution in [1.82, 2.24) is 0 Å². The largest absolute Gasteiger partial charge is 0.504 e. The molecule has 1 saturated heterocycles. The lowest BCUT2D eigenvalue weighted by molar-refractivity contribution is -0.289. The van der Waals surface area contributed by atoms with E-state index in [1.807, 2.05) is 0 Å². The predicted octanol–water partition coefficient (Wildman–Crippen LogP) is -0.796. The van der Waals surface area contributed by atoms with Crippen LogP contribution in [0.5, 0.6) is 69.0 Å². The van der Waals surface area contributed by atoms with Gasteiger partial charge in [-0.15, -0.1) is 0 Å². The average Bonchev–Trinajstić information content (AvgIpc) is 3.69. The van der Waals surface area contributed by atoms with Gasteiger partial charge in [-0.05, 0) is 30.3 Å².